The number of primary amides is 1. The average molecular weight is 567 g/mol. The number of guanidine groups is 1. The molecule has 0 aromatic carbocycles. The van der Waals surface area contributed by atoms with Crippen LogP contribution in [0.1, 0.15) is 58.3 Å². The number of aliphatic imine (C=N–C) groups is 1. The lowest BCUT2D eigenvalue weighted by Crippen LogP contribution is -2.58. The number of rotatable bonds is 10. The lowest BCUT2D eigenvalue weighted by molar-refractivity contribution is -0.142. The van der Waals surface area contributed by atoms with Crippen LogP contribution in [0.25, 0.3) is 0 Å². The summed E-state index contributed by atoms with van der Waals surface area (Å²) >= 11 is 0. The number of hydrogen-bond donors (Lipinski definition) is 8. The molecule has 0 aliphatic carbocycles. The Morgan fingerprint density at radius 2 is 1.48 bits per heavy atom. The molecule has 0 aromatic heterocycles. The number of nitrogens with two attached hydrogens (primary N) is 4. The minimum atomic E-state index is -1.41. The third kappa shape index (κ3) is 9.66. The Kier molecular flexibility index (Phi) is 12.6. The number of nitrogens with one attached hydrogen (secondary N) is 4. The van der Waals surface area contributed by atoms with Gasteiger partial charge in [0.25, 0.3) is 0 Å². The van der Waals surface area contributed by atoms with Crippen LogP contribution >= 0.6 is 0 Å². The summed E-state index contributed by atoms with van der Waals surface area (Å²) in [6.07, 6.45) is 2.06. The van der Waals surface area contributed by atoms with Crippen molar-refractivity contribution < 1.29 is 28.8 Å². The first kappa shape index (κ1) is 32.3. The Labute approximate surface area is 232 Å². The highest BCUT2D eigenvalue weighted by Crippen LogP contribution is 2.20. The standard InChI is InChI=1S/C24H42N10O6/c1-13-19(36)31-14(6-2-3-9-25)20(37)33-16(12-18(26)35)21(38)32-15(7-4-10-29-24(27)28)23(40)34-11-5-8-17(34)22(39)30-13/h13-17H,2-12,25H2,1H3,(H2,26,35)(H,30,39)(H,31,36)(H,32,38)(H,33,37)(H4,27,28,29)/t13-,14-,15-,16-,17-/m0/s1. The van der Waals surface area contributed by atoms with Crippen molar-refractivity contribution in [2.75, 3.05) is 19.6 Å². The lowest BCUT2D eigenvalue weighted by Gasteiger charge is -2.30. The van der Waals surface area contributed by atoms with Gasteiger partial charge in [-0.3, -0.25) is 33.8 Å². The fourth-order valence-corrected chi connectivity index (χ4v) is 4.65. The van der Waals surface area contributed by atoms with Crippen LogP contribution in [-0.2, 0) is 28.8 Å². The van der Waals surface area contributed by atoms with E-state index in [1.54, 1.807) is 0 Å². The molecule has 0 bridgehead atoms. The van der Waals surface area contributed by atoms with E-state index in [1.807, 2.05) is 0 Å². The zero-order chi connectivity index (χ0) is 29.8. The molecule has 12 N–H and O–H groups in total. The molecule has 40 heavy (non-hydrogen) atoms. The van der Waals surface area contributed by atoms with E-state index >= 15 is 0 Å². The summed E-state index contributed by atoms with van der Waals surface area (Å²) in [5.41, 5.74) is 21.6. The van der Waals surface area contributed by atoms with Crippen molar-refractivity contribution in [2.24, 2.45) is 27.9 Å². The fourth-order valence-electron chi connectivity index (χ4n) is 4.65. The van der Waals surface area contributed by atoms with E-state index in [0.717, 1.165) is 0 Å². The van der Waals surface area contributed by atoms with Gasteiger partial charge >= 0.3 is 0 Å². The van der Waals surface area contributed by atoms with Crippen LogP contribution in [0.15, 0.2) is 4.99 Å². The molecule has 2 saturated heterocycles. The van der Waals surface area contributed by atoms with Crippen molar-refractivity contribution >= 4 is 41.4 Å². The number of carbonyl (C=O) groups excluding carboxylic acids is 6. The van der Waals surface area contributed by atoms with Gasteiger partial charge in [-0.05, 0) is 58.4 Å². The summed E-state index contributed by atoms with van der Waals surface area (Å²) in [7, 11) is 0. The monoisotopic (exact) mass is 566 g/mol. The smallest absolute Gasteiger partial charge is 0.245 e. The molecule has 2 rings (SSSR count). The van der Waals surface area contributed by atoms with Crippen molar-refractivity contribution in [3.8, 4) is 0 Å². The normalized spacial score (nSPS) is 26.4. The summed E-state index contributed by atoms with van der Waals surface area (Å²) in [6, 6.07) is -5.47. The van der Waals surface area contributed by atoms with Crippen molar-refractivity contribution in [3.05, 3.63) is 0 Å². The number of fused-ring (bicyclic) bond motifs is 1. The molecule has 0 radical (unpaired) electrons. The van der Waals surface area contributed by atoms with Gasteiger partial charge in [0.15, 0.2) is 5.96 Å². The maximum absolute atomic E-state index is 13.6. The first-order chi connectivity index (χ1) is 18.9. The minimum Gasteiger partial charge on any atom is -0.370 e. The molecular weight excluding hydrogens is 524 g/mol. The van der Waals surface area contributed by atoms with Crippen LogP contribution in [0.4, 0.5) is 0 Å². The van der Waals surface area contributed by atoms with Crippen LogP contribution in [0, 0.1) is 0 Å². The number of amides is 6. The molecule has 2 heterocycles. The van der Waals surface area contributed by atoms with Gasteiger partial charge in [0, 0.05) is 13.1 Å². The average Bonchev–Trinajstić information content (AvgIpc) is 3.38. The molecule has 2 aliphatic rings. The van der Waals surface area contributed by atoms with Crippen molar-refractivity contribution in [1.82, 2.24) is 26.2 Å². The highest BCUT2D eigenvalue weighted by Gasteiger charge is 2.40. The SMILES string of the molecule is C[C@@H]1NC(=O)[C@@H]2CCCN2C(=O)[C@H](CCCN=C(N)N)NC(=O)[C@H](CC(N)=O)NC(=O)[C@H](CCCCN)NC1=O. The summed E-state index contributed by atoms with van der Waals surface area (Å²) < 4.78 is 0. The molecule has 0 saturated carbocycles. The number of unbranched alkanes of at least 4 members (excludes halogenated alkanes) is 1. The second-order valence-electron chi connectivity index (χ2n) is 10.0. The Morgan fingerprint density at radius 3 is 2.12 bits per heavy atom. The quantitative estimate of drug-likeness (QED) is 0.0726. The van der Waals surface area contributed by atoms with Gasteiger partial charge < -0.3 is 49.1 Å². The van der Waals surface area contributed by atoms with Crippen LogP contribution in [-0.4, -0.2) is 96.1 Å². The fraction of sp³-hybridized carbons (Fsp3) is 0.708. The minimum absolute atomic E-state index is 0.113. The molecule has 2 fully saturated rings. The van der Waals surface area contributed by atoms with Gasteiger partial charge in [-0.15, -0.1) is 0 Å². The summed E-state index contributed by atoms with van der Waals surface area (Å²) in [4.78, 5) is 83.2. The van der Waals surface area contributed by atoms with Gasteiger partial charge in [0.1, 0.15) is 30.2 Å². The molecule has 0 unspecified atom stereocenters. The van der Waals surface area contributed by atoms with Crippen molar-refractivity contribution in [3.63, 3.8) is 0 Å². The van der Waals surface area contributed by atoms with E-state index in [4.69, 9.17) is 22.9 Å². The van der Waals surface area contributed by atoms with Crippen LogP contribution in [0.5, 0.6) is 0 Å². The highest BCUT2D eigenvalue weighted by atomic mass is 16.2. The Balaban J connectivity index is 2.43. The van der Waals surface area contributed by atoms with E-state index in [-0.39, 0.29) is 31.9 Å². The molecule has 5 atom stereocenters. The molecule has 0 aromatic rings. The number of nitrogens with zero attached hydrogens (tertiary/aromatic N) is 2. The molecule has 16 nitrogen and oxygen atoms in total. The first-order valence-corrected chi connectivity index (χ1v) is 13.5. The Morgan fingerprint density at radius 1 is 0.850 bits per heavy atom. The summed E-state index contributed by atoms with van der Waals surface area (Å²) in [5, 5.41) is 10.3. The summed E-state index contributed by atoms with van der Waals surface area (Å²) in [5.74, 6) is -4.20. The molecule has 0 spiro atoms. The Bertz CT molecular complexity index is 985. The maximum Gasteiger partial charge on any atom is 0.245 e. The first-order valence-electron chi connectivity index (χ1n) is 13.5. The second kappa shape index (κ2) is 15.6. The molecule has 6 amide bonds. The third-order valence-corrected chi connectivity index (χ3v) is 6.77. The molecular formula is C24H42N10O6. The van der Waals surface area contributed by atoms with Crippen molar-refractivity contribution in [2.45, 2.75) is 88.5 Å². The van der Waals surface area contributed by atoms with E-state index in [1.165, 1.54) is 11.8 Å². The second-order valence-corrected chi connectivity index (χ2v) is 10.0. The molecule has 224 valence electrons. The Hall–Kier alpha value is -3.95. The van der Waals surface area contributed by atoms with Gasteiger partial charge in [-0.1, -0.05) is 0 Å². The van der Waals surface area contributed by atoms with Gasteiger partial charge in [0.2, 0.25) is 35.4 Å². The highest BCUT2D eigenvalue weighted by molar-refractivity contribution is 5.99. The van der Waals surface area contributed by atoms with E-state index in [0.29, 0.717) is 38.6 Å². The maximum atomic E-state index is 13.6. The van der Waals surface area contributed by atoms with Gasteiger partial charge in [-0.25, -0.2) is 0 Å². The number of carbonyl (C=O) groups is 6. The number of hydrogen-bond acceptors (Lipinski definition) is 8. The van der Waals surface area contributed by atoms with Crippen LogP contribution in [0.3, 0.4) is 0 Å². The zero-order valence-corrected chi connectivity index (χ0v) is 22.8. The zero-order valence-electron chi connectivity index (χ0n) is 22.8. The topological polar surface area (TPSA) is 270 Å². The van der Waals surface area contributed by atoms with Crippen LogP contribution < -0.4 is 44.2 Å². The lowest BCUT2D eigenvalue weighted by atomic mass is 10.1. The van der Waals surface area contributed by atoms with Gasteiger partial charge in [-0.2, -0.15) is 0 Å². The third-order valence-electron chi connectivity index (χ3n) is 6.77. The predicted molar refractivity (Wildman–Crippen MR) is 145 cm³/mol. The largest absolute Gasteiger partial charge is 0.370 e. The predicted octanol–water partition coefficient (Wildman–Crippen LogP) is -3.99. The van der Waals surface area contributed by atoms with E-state index in [2.05, 4.69) is 26.3 Å². The van der Waals surface area contributed by atoms with E-state index < -0.39 is 72.1 Å². The van der Waals surface area contributed by atoms with Gasteiger partial charge in [0.05, 0.1) is 6.42 Å². The van der Waals surface area contributed by atoms with Crippen molar-refractivity contribution in [1.29, 1.82) is 0 Å². The van der Waals surface area contributed by atoms with Crippen LogP contribution in [0.2, 0.25) is 0 Å². The molecule has 16 heteroatoms. The van der Waals surface area contributed by atoms with E-state index in [9.17, 15) is 28.8 Å². The summed E-state index contributed by atoms with van der Waals surface area (Å²) in [6.45, 7) is 2.29. The molecule has 2 aliphatic heterocycles.